The summed E-state index contributed by atoms with van der Waals surface area (Å²) in [6.45, 7) is 0. The zero-order valence-corrected chi connectivity index (χ0v) is 12.1. The largest absolute Gasteiger partial charge is 0.469 e. The second-order valence-electron chi connectivity index (χ2n) is 6.01. The Morgan fingerprint density at radius 3 is 2.90 bits per heavy atom. The summed E-state index contributed by atoms with van der Waals surface area (Å²) in [5.74, 6) is 0.373. The van der Waals surface area contributed by atoms with Gasteiger partial charge in [-0.05, 0) is 42.7 Å². The van der Waals surface area contributed by atoms with E-state index in [2.05, 4.69) is 10.3 Å². The number of nitrogens with one attached hydrogen (secondary N) is 1. The lowest BCUT2D eigenvalue weighted by molar-refractivity contribution is -0.148. The molecule has 2 aliphatic carbocycles. The molecule has 21 heavy (non-hydrogen) atoms. The SMILES string of the molecule is COC(=O)[C@H]1[C@H]2CC[C@@H](C2)[C@H]1NC(=O)Cc1cccnc1. The van der Waals surface area contributed by atoms with Crippen LogP contribution in [-0.4, -0.2) is 30.0 Å². The van der Waals surface area contributed by atoms with Crippen molar-refractivity contribution in [3.05, 3.63) is 30.1 Å². The van der Waals surface area contributed by atoms with Crippen LogP contribution in [0.3, 0.4) is 0 Å². The first-order chi connectivity index (χ1) is 10.2. The summed E-state index contributed by atoms with van der Waals surface area (Å²) < 4.78 is 4.92. The quantitative estimate of drug-likeness (QED) is 0.849. The molecule has 1 aromatic rings. The Morgan fingerprint density at radius 2 is 2.19 bits per heavy atom. The van der Waals surface area contributed by atoms with Gasteiger partial charge in [0.25, 0.3) is 0 Å². The Bertz CT molecular complexity index is 532. The van der Waals surface area contributed by atoms with Crippen molar-refractivity contribution < 1.29 is 14.3 Å². The molecule has 1 amide bonds. The van der Waals surface area contributed by atoms with Crippen molar-refractivity contribution in [3.8, 4) is 0 Å². The average molecular weight is 288 g/mol. The highest BCUT2D eigenvalue weighted by Crippen LogP contribution is 2.48. The topological polar surface area (TPSA) is 68.3 Å². The number of hydrogen-bond donors (Lipinski definition) is 1. The van der Waals surface area contributed by atoms with Crippen molar-refractivity contribution in [2.75, 3.05) is 7.11 Å². The first kappa shape index (κ1) is 14.0. The molecule has 4 atom stereocenters. The summed E-state index contributed by atoms with van der Waals surface area (Å²) in [6, 6.07) is 3.63. The third-order valence-electron chi connectivity index (χ3n) is 4.80. The van der Waals surface area contributed by atoms with Crippen LogP contribution >= 0.6 is 0 Å². The molecular formula is C16H20N2O3. The highest BCUT2D eigenvalue weighted by molar-refractivity contribution is 5.81. The van der Waals surface area contributed by atoms with Gasteiger partial charge >= 0.3 is 5.97 Å². The number of carbonyl (C=O) groups is 2. The molecule has 2 bridgehead atoms. The van der Waals surface area contributed by atoms with E-state index in [9.17, 15) is 9.59 Å². The summed E-state index contributed by atoms with van der Waals surface area (Å²) in [6.07, 6.45) is 6.87. The molecule has 0 spiro atoms. The van der Waals surface area contributed by atoms with Crippen molar-refractivity contribution >= 4 is 11.9 Å². The number of aromatic nitrogens is 1. The second kappa shape index (κ2) is 5.84. The number of ether oxygens (including phenoxy) is 1. The van der Waals surface area contributed by atoms with E-state index in [-0.39, 0.29) is 23.8 Å². The van der Waals surface area contributed by atoms with Gasteiger partial charge in [-0.25, -0.2) is 0 Å². The van der Waals surface area contributed by atoms with Gasteiger partial charge in [-0.1, -0.05) is 6.07 Å². The molecule has 0 saturated heterocycles. The lowest BCUT2D eigenvalue weighted by Crippen LogP contribution is -2.47. The highest BCUT2D eigenvalue weighted by atomic mass is 16.5. The molecular weight excluding hydrogens is 268 g/mol. The molecule has 2 fully saturated rings. The Morgan fingerprint density at radius 1 is 1.38 bits per heavy atom. The number of rotatable bonds is 4. The third kappa shape index (κ3) is 2.77. The summed E-state index contributed by atoms with van der Waals surface area (Å²) >= 11 is 0. The van der Waals surface area contributed by atoms with Crippen LogP contribution in [0.2, 0.25) is 0 Å². The third-order valence-corrected chi connectivity index (χ3v) is 4.80. The van der Waals surface area contributed by atoms with E-state index in [1.807, 2.05) is 12.1 Å². The number of esters is 1. The van der Waals surface area contributed by atoms with Gasteiger partial charge in [-0.15, -0.1) is 0 Å². The molecule has 1 N–H and O–H groups in total. The van der Waals surface area contributed by atoms with E-state index in [1.54, 1.807) is 12.4 Å². The van der Waals surface area contributed by atoms with Crippen LogP contribution in [0.1, 0.15) is 24.8 Å². The molecule has 0 unspecified atom stereocenters. The van der Waals surface area contributed by atoms with Gasteiger partial charge in [0.05, 0.1) is 19.4 Å². The van der Waals surface area contributed by atoms with E-state index in [0.717, 1.165) is 24.8 Å². The molecule has 5 heteroatoms. The number of amides is 1. The summed E-state index contributed by atoms with van der Waals surface area (Å²) in [7, 11) is 1.42. The minimum Gasteiger partial charge on any atom is -0.469 e. The predicted molar refractivity (Wildman–Crippen MR) is 76.2 cm³/mol. The molecule has 112 valence electrons. The predicted octanol–water partition coefficient (Wildman–Crippen LogP) is 1.33. The number of pyridine rings is 1. The average Bonchev–Trinajstić information content (AvgIpc) is 3.08. The summed E-state index contributed by atoms with van der Waals surface area (Å²) in [4.78, 5) is 28.2. The fourth-order valence-electron chi connectivity index (χ4n) is 3.90. The standard InChI is InChI=1S/C16H20N2O3/c1-21-16(20)14-11-4-5-12(8-11)15(14)18-13(19)7-10-3-2-6-17-9-10/h2-3,6,9,11-12,14-15H,4-5,7-8H2,1H3,(H,18,19)/t11-,12-,14-,15+/m0/s1. The van der Waals surface area contributed by atoms with Crippen LogP contribution in [0.25, 0.3) is 0 Å². The Hall–Kier alpha value is -1.91. The van der Waals surface area contributed by atoms with Crippen LogP contribution in [0.5, 0.6) is 0 Å². The van der Waals surface area contributed by atoms with E-state index in [1.165, 1.54) is 7.11 Å². The van der Waals surface area contributed by atoms with Crippen LogP contribution < -0.4 is 5.32 Å². The zero-order chi connectivity index (χ0) is 14.8. The number of carbonyl (C=O) groups excluding carboxylic acids is 2. The van der Waals surface area contributed by atoms with E-state index in [0.29, 0.717) is 18.3 Å². The van der Waals surface area contributed by atoms with Gasteiger partial charge in [0, 0.05) is 18.4 Å². The summed E-state index contributed by atoms with van der Waals surface area (Å²) in [5, 5.41) is 3.06. The Balaban J connectivity index is 1.65. The zero-order valence-electron chi connectivity index (χ0n) is 12.1. The van der Waals surface area contributed by atoms with Crippen LogP contribution in [0, 0.1) is 17.8 Å². The monoisotopic (exact) mass is 288 g/mol. The van der Waals surface area contributed by atoms with Crippen molar-refractivity contribution in [2.45, 2.75) is 31.7 Å². The van der Waals surface area contributed by atoms with E-state index < -0.39 is 0 Å². The second-order valence-corrected chi connectivity index (χ2v) is 6.01. The van der Waals surface area contributed by atoms with Crippen molar-refractivity contribution in [1.82, 2.24) is 10.3 Å². The minimum absolute atomic E-state index is 0.0468. The molecule has 2 saturated carbocycles. The smallest absolute Gasteiger partial charge is 0.311 e. The molecule has 1 aromatic heterocycles. The normalized spacial score (nSPS) is 30.1. The van der Waals surface area contributed by atoms with Gasteiger partial charge in [-0.2, -0.15) is 0 Å². The molecule has 0 aliphatic heterocycles. The van der Waals surface area contributed by atoms with Crippen LogP contribution in [-0.2, 0) is 20.7 Å². The number of hydrogen-bond acceptors (Lipinski definition) is 4. The lowest BCUT2D eigenvalue weighted by atomic mass is 9.84. The Labute approximate surface area is 124 Å². The van der Waals surface area contributed by atoms with Crippen molar-refractivity contribution in [3.63, 3.8) is 0 Å². The minimum atomic E-state index is -0.186. The van der Waals surface area contributed by atoms with Gasteiger partial charge in [0.2, 0.25) is 5.91 Å². The number of nitrogens with zero attached hydrogens (tertiary/aromatic N) is 1. The molecule has 0 aromatic carbocycles. The van der Waals surface area contributed by atoms with E-state index in [4.69, 9.17) is 4.74 Å². The molecule has 5 nitrogen and oxygen atoms in total. The van der Waals surface area contributed by atoms with Crippen LogP contribution in [0.15, 0.2) is 24.5 Å². The first-order valence-corrected chi connectivity index (χ1v) is 7.45. The fourth-order valence-corrected chi connectivity index (χ4v) is 3.90. The number of methoxy groups -OCH3 is 1. The summed E-state index contributed by atoms with van der Waals surface area (Å²) in [5.41, 5.74) is 0.882. The molecule has 2 aliphatic rings. The number of fused-ring (bicyclic) bond motifs is 2. The van der Waals surface area contributed by atoms with Gasteiger partial charge < -0.3 is 10.1 Å². The highest BCUT2D eigenvalue weighted by Gasteiger charge is 2.51. The molecule has 0 radical (unpaired) electrons. The molecule has 3 rings (SSSR count). The fraction of sp³-hybridized carbons (Fsp3) is 0.562. The van der Waals surface area contributed by atoms with E-state index >= 15 is 0 Å². The van der Waals surface area contributed by atoms with Crippen LogP contribution in [0.4, 0.5) is 0 Å². The van der Waals surface area contributed by atoms with Gasteiger partial charge in [0.15, 0.2) is 0 Å². The maximum Gasteiger partial charge on any atom is 0.311 e. The maximum atomic E-state index is 12.2. The van der Waals surface area contributed by atoms with Gasteiger partial charge in [0.1, 0.15) is 0 Å². The van der Waals surface area contributed by atoms with Crippen molar-refractivity contribution in [2.24, 2.45) is 17.8 Å². The molecule has 1 heterocycles. The van der Waals surface area contributed by atoms with Gasteiger partial charge in [-0.3, -0.25) is 14.6 Å². The lowest BCUT2D eigenvalue weighted by Gasteiger charge is -2.29. The Kier molecular flexibility index (Phi) is 3.90. The van der Waals surface area contributed by atoms with Crippen molar-refractivity contribution in [1.29, 1.82) is 0 Å². The maximum absolute atomic E-state index is 12.2. The first-order valence-electron chi connectivity index (χ1n) is 7.45.